The number of amides is 1. The van der Waals surface area contributed by atoms with Crippen molar-refractivity contribution < 1.29 is 38.8 Å². The Labute approximate surface area is 256 Å². The van der Waals surface area contributed by atoms with E-state index in [-0.39, 0.29) is 37.8 Å². The third-order valence-corrected chi connectivity index (χ3v) is 6.32. The number of nitrogens with zero attached hydrogens (tertiary/aromatic N) is 5. The molecule has 3 aromatic carbocycles. The summed E-state index contributed by atoms with van der Waals surface area (Å²) in [5.41, 5.74) is 10.2. The molecule has 45 heavy (non-hydrogen) atoms. The third kappa shape index (κ3) is 8.21. The molecule has 0 aliphatic rings. The number of aromatic carboxylic acids is 1. The minimum atomic E-state index is -1.06. The lowest BCUT2D eigenvalue weighted by atomic mass is 9.98. The third-order valence-electron chi connectivity index (χ3n) is 6.32. The summed E-state index contributed by atoms with van der Waals surface area (Å²) >= 11 is 0. The van der Waals surface area contributed by atoms with Gasteiger partial charge in [0.15, 0.2) is 5.84 Å². The fourth-order valence-corrected chi connectivity index (χ4v) is 4.39. The van der Waals surface area contributed by atoms with Crippen molar-refractivity contribution in [2.75, 3.05) is 33.0 Å². The normalized spacial score (nSPS) is 11.3. The second-order valence-electron chi connectivity index (χ2n) is 9.25. The fraction of sp³-hybridized carbons (Fsp3) is 0.241. The summed E-state index contributed by atoms with van der Waals surface area (Å²) in [6.45, 7) is 1.97. The molecule has 0 saturated carbocycles. The van der Waals surface area contributed by atoms with E-state index in [1.54, 1.807) is 28.8 Å². The van der Waals surface area contributed by atoms with Crippen LogP contribution in [0.1, 0.15) is 28.4 Å². The number of rotatable bonds is 15. The Morgan fingerprint density at radius 1 is 1.02 bits per heavy atom. The number of amidine groups is 1. The van der Waals surface area contributed by atoms with E-state index in [1.165, 1.54) is 6.07 Å². The monoisotopic (exact) mass is 621 g/mol. The van der Waals surface area contributed by atoms with E-state index in [1.807, 2.05) is 43.3 Å². The molecule has 5 N–H and O–H groups in total. The van der Waals surface area contributed by atoms with Gasteiger partial charge in [-0.1, -0.05) is 54.6 Å². The minimum Gasteiger partial charge on any atom is -0.478 e. The van der Waals surface area contributed by atoms with Crippen molar-refractivity contribution in [1.82, 2.24) is 14.7 Å². The SMILES string of the molecule is CCOc1nc2cccc(C(=O)O)c2n1Cc1ccc(-c2ccccc2/C(N)=N/N(N)C(=O)OCCOCCO[N+](=O)[O-])cc1. The minimum absolute atomic E-state index is 0.0383. The quantitative estimate of drug-likeness (QED) is 0.0332. The molecule has 4 rings (SSSR count). The maximum atomic E-state index is 12.2. The highest BCUT2D eigenvalue weighted by atomic mass is 17.0. The van der Waals surface area contributed by atoms with Crippen LogP contribution in [0.5, 0.6) is 6.01 Å². The first-order chi connectivity index (χ1) is 21.7. The van der Waals surface area contributed by atoms with Gasteiger partial charge in [-0.05, 0) is 35.7 Å². The first kappa shape index (κ1) is 32.2. The summed E-state index contributed by atoms with van der Waals surface area (Å²) in [6.07, 6.45) is -0.991. The van der Waals surface area contributed by atoms with Crippen LogP contribution in [0.2, 0.25) is 0 Å². The molecular weight excluding hydrogens is 590 g/mol. The summed E-state index contributed by atoms with van der Waals surface area (Å²) in [6, 6.07) is 19.9. The molecule has 0 spiro atoms. The van der Waals surface area contributed by atoms with E-state index in [9.17, 15) is 24.8 Å². The Morgan fingerprint density at radius 3 is 2.44 bits per heavy atom. The Hall–Kier alpha value is -5.74. The number of para-hydroxylation sites is 1. The highest BCUT2D eigenvalue weighted by molar-refractivity contribution is 6.04. The number of benzene rings is 3. The van der Waals surface area contributed by atoms with E-state index in [0.717, 1.165) is 11.1 Å². The van der Waals surface area contributed by atoms with Crippen molar-refractivity contribution in [3.8, 4) is 17.1 Å². The molecule has 0 aliphatic heterocycles. The molecule has 16 nitrogen and oxygen atoms in total. The Morgan fingerprint density at radius 2 is 1.73 bits per heavy atom. The Balaban J connectivity index is 1.47. The number of ether oxygens (including phenoxy) is 3. The van der Waals surface area contributed by atoms with Crippen molar-refractivity contribution in [3.63, 3.8) is 0 Å². The van der Waals surface area contributed by atoms with Gasteiger partial charge in [-0.15, -0.1) is 20.3 Å². The number of carbonyl (C=O) groups excluding carboxylic acids is 1. The van der Waals surface area contributed by atoms with Crippen molar-refractivity contribution in [2.45, 2.75) is 13.5 Å². The van der Waals surface area contributed by atoms with Crippen molar-refractivity contribution in [1.29, 1.82) is 0 Å². The summed E-state index contributed by atoms with van der Waals surface area (Å²) < 4.78 is 17.5. The van der Waals surface area contributed by atoms with Gasteiger partial charge in [0.1, 0.15) is 13.2 Å². The second-order valence-corrected chi connectivity index (χ2v) is 9.25. The molecule has 0 unspecified atom stereocenters. The van der Waals surface area contributed by atoms with E-state index in [4.69, 9.17) is 25.8 Å². The average molecular weight is 622 g/mol. The van der Waals surface area contributed by atoms with Crippen LogP contribution < -0.4 is 16.3 Å². The van der Waals surface area contributed by atoms with Gasteiger partial charge in [-0.3, -0.25) is 4.57 Å². The molecule has 0 atom stereocenters. The zero-order valence-electron chi connectivity index (χ0n) is 24.2. The smallest absolute Gasteiger partial charge is 0.445 e. The Kier molecular flexibility index (Phi) is 10.8. The Bertz CT molecular complexity index is 1690. The molecule has 0 radical (unpaired) electrons. The number of carboxylic acid groups (broad SMARTS) is 1. The van der Waals surface area contributed by atoms with E-state index in [0.29, 0.717) is 46.4 Å². The second kappa shape index (κ2) is 15.1. The van der Waals surface area contributed by atoms with Gasteiger partial charge in [0, 0.05) is 5.56 Å². The number of hydrazone groups is 1. The van der Waals surface area contributed by atoms with E-state index in [2.05, 4.69) is 14.9 Å². The predicted molar refractivity (Wildman–Crippen MR) is 161 cm³/mol. The lowest BCUT2D eigenvalue weighted by Gasteiger charge is -2.14. The number of hydrazine groups is 1. The highest BCUT2D eigenvalue weighted by Crippen LogP contribution is 2.28. The van der Waals surface area contributed by atoms with Crippen LogP contribution in [0.25, 0.3) is 22.2 Å². The molecule has 0 fully saturated rings. The predicted octanol–water partition coefficient (Wildman–Crippen LogP) is 3.01. The molecular formula is C29H31N7O9. The van der Waals surface area contributed by atoms with Crippen LogP contribution in [-0.2, 0) is 20.9 Å². The number of hydrogen-bond acceptors (Lipinski definition) is 11. The summed E-state index contributed by atoms with van der Waals surface area (Å²) in [5, 5.41) is 23.3. The highest BCUT2D eigenvalue weighted by Gasteiger charge is 2.19. The molecule has 236 valence electrons. The first-order valence-corrected chi connectivity index (χ1v) is 13.6. The number of nitrogens with two attached hydrogens (primary N) is 2. The van der Waals surface area contributed by atoms with E-state index >= 15 is 0 Å². The number of aromatic nitrogens is 2. The molecule has 0 saturated heterocycles. The number of fused-ring (bicyclic) bond motifs is 1. The van der Waals surface area contributed by atoms with Gasteiger partial charge >= 0.3 is 12.1 Å². The maximum Gasteiger partial charge on any atom is 0.445 e. The van der Waals surface area contributed by atoms with Gasteiger partial charge in [0.05, 0.1) is 43.0 Å². The van der Waals surface area contributed by atoms with Crippen LogP contribution in [0.15, 0.2) is 71.8 Å². The van der Waals surface area contributed by atoms with E-state index < -0.39 is 17.1 Å². The zero-order chi connectivity index (χ0) is 32.3. The number of hydrogen-bond donors (Lipinski definition) is 3. The lowest BCUT2D eigenvalue weighted by Crippen LogP contribution is -2.36. The summed E-state index contributed by atoms with van der Waals surface area (Å²) in [4.78, 5) is 42.8. The summed E-state index contributed by atoms with van der Waals surface area (Å²) in [5.74, 6) is 4.62. The number of imidazole rings is 1. The average Bonchev–Trinajstić information content (AvgIpc) is 3.37. The van der Waals surface area contributed by atoms with Crippen LogP contribution in [0.3, 0.4) is 0 Å². The van der Waals surface area contributed by atoms with Crippen LogP contribution in [-0.4, -0.2) is 75.8 Å². The van der Waals surface area contributed by atoms with Crippen LogP contribution in [0, 0.1) is 10.1 Å². The van der Waals surface area contributed by atoms with Crippen molar-refractivity contribution in [3.05, 3.63) is 93.5 Å². The topological polar surface area (TPSA) is 220 Å². The molecule has 0 bridgehead atoms. The first-order valence-electron chi connectivity index (χ1n) is 13.6. The fourth-order valence-electron chi connectivity index (χ4n) is 4.39. The zero-order valence-corrected chi connectivity index (χ0v) is 24.2. The molecule has 1 aromatic heterocycles. The molecule has 1 heterocycles. The number of carboxylic acids is 1. The molecule has 16 heteroatoms. The summed E-state index contributed by atoms with van der Waals surface area (Å²) in [7, 11) is 0. The molecule has 4 aromatic rings. The van der Waals surface area contributed by atoms with Crippen LogP contribution >= 0.6 is 0 Å². The standard InChI is InChI=1S/C29H31N7O9/c1-2-43-28-32-24-9-5-8-23(27(37)38)25(24)34(28)18-19-10-12-20(13-11-19)21-6-3-4-7-22(21)26(30)33-35(31)29(39)44-16-14-42-15-17-45-36(40)41/h3-13H,2,14-18,31H2,1H3,(H2,30,33)(H,37,38). The van der Waals surface area contributed by atoms with Gasteiger partial charge in [-0.2, -0.15) is 4.98 Å². The molecule has 0 aliphatic carbocycles. The van der Waals surface area contributed by atoms with Gasteiger partial charge in [-0.25, -0.2) is 15.4 Å². The lowest BCUT2D eigenvalue weighted by molar-refractivity contribution is -0.758. The molecule has 1 amide bonds. The van der Waals surface area contributed by atoms with Gasteiger partial charge < -0.3 is 29.9 Å². The largest absolute Gasteiger partial charge is 0.478 e. The van der Waals surface area contributed by atoms with Crippen molar-refractivity contribution >= 4 is 28.9 Å². The van der Waals surface area contributed by atoms with Crippen molar-refractivity contribution in [2.24, 2.45) is 16.7 Å². The van der Waals surface area contributed by atoms with Gasteiger partial charge in [0.2, 0.25) is 0 Å². The van der Waals surface area contributed by atoms with Crippen LogP contribution in [0.4, 0.5) is 4.79 Å². The maximum absolute atomic E-state index is 12.2. The number of carbonyl (C=O) groups is 2. The van der Waals surface area contributed by atoms with Gasteiger partial charge in [0.25, 0.3) is 11.1 Å².